The lowest BCUT2D eigenvalue weighted by Gasteiger charge is -2.05. The average Bonchev–Trinajstić information content (AvgIpc) is 2.77. The van der Waals surface area contributed by atoms with Gasteiger partial charge in [-0.25, -0.2) is 9.97 Å². The highest BCUT2D eigenvalue weighted by Crippen LogP contribution is 2.16. The van der Waals surface area contributed by atoms with Crippen molar-refractivity contribution < 1.29 is 8.42 Å². The van der Waals surface area contributed by atoms with Crippen LogP contribution in [0.15, 0.2) is 35.9 Å². The second-order valence-corrected chi connectivity index (χ2v) is 5.53. The first kappa shape index (κ1) is 12.8. The minimum Gasteiger partial charge on any atom is -0.336 e. The fourth-order valence-electron chi connectivity index (χ4n) is 1.32. The van der Waals surface area contributed by atoms with Gasteiger partial charge in [0.15, 0.2) is 5.03 Å². The van der Waals surface area contributed by atoms with Gasteiger partial charge in [-0.3, -0.25) is 4.72 Å². The third kappa shape index (κ3) is 2.80. The van der Waals surface area contributed by atoms with Crippen molar-refractivity contribution in [1.29, 1.82) is 0 Å². The summed E-state index contributed by atoms with van der Waals surface area (Å²) in [5.41, 5.74) is 0.348. The highest BCUT2D eigenvalue weighted by Gasteiger charge is 2.17. The fourth-order valence-corrected chi connectivity index (χ4v) is 2.50. The molecule has 2 heterocycles. The Morgan fingerprint density at radius 2 is 2.22 bits per heavy atom. The zero-order valence-corrected chi connectivity index (χ0v) is 11.1. The van der Waals surface area contributed by atoms with Crippen molar-refractivity contribution in [2.45, 2.75) is 18.5 Å². The van der Waals surface area contributed by atoms with Crippen LogP contribution in [-0.4, -0.2) is 23.0 Å². The van der Waals surface area contributed by atoms with E-state index in [9.17, 15) is 8.42 Å². The van der Waals surface area contributed by atoms with E-state index in [1.807, 2.05) is 6.92 Å². The molecule has 0 aliphatic heterocycles. The number of anilines is 1. The molecule has 6 nitrogen and oxygen atoms in total. The Morgan fingerprint density at radius 1 is 1.44 bits per heavy atom. The van der Waals surface area contributed by atoms with Crippen LogP contribution in [0.1, 0.15) is 6.92 Å². The number of nitrogens with zero attached hydrogens (tertiary/aromatic N) is 3. The Kier molecular flexibility index (Phi) is 3.53. The lowest BCUT2D eigenvalue weighted by molar-refractivity contribution is 0.598. The van der Waals surface area contributed by atoms with E-state index in [1.54, 1.807) is 4.57 Å². The molecule has 0 aliphatic carbocycles. The van der Waals surface area contributed by atoms with Gasteiger partial charge in [0, 0.05) is 18.9 Å². The Bertz CT molecular complexity index is 653. The lowest BCUT2D eigenvalue weighted by atomic mass is 10.4. The topological polar surface area (TPSA) is 76.9 Å². The molecule has 2 aromatic rings. The predicted octanol–water partition coefficient (Wildman–Crippen LogP) is 1.75. The molecule has 0 aliphatic rings. The SMILES string of the molecule is CCn1cnc(S(=O)(=O)Nc2ccnc(Cl)c2)c1. The van der Waals surface area contributed by atoms with Crippen molar-refractivity contribution in [1.82, 2.24) is 14.5 Å². The van der Waals surface area contributed by atoms with Crippen molar-refractivity contribution in [2.24, 2.45) is 0 Å². The fraction of sp³-hybridized carbons (Fsp3) is 0.200. The minimum atomic E-state index is -3.69. The molecule has 0 amide bonds. The summed E-state index contributed by atoms with van der Waals surface area (Å²) in [6.45, 7) is 2.55. The first-order valence-electron chi connectivity index (χ1n) is 5.17. The van der Waals surface area contributed by atoms with E-state index in [2.05, 4.69) is 14.7 Å². The molecule has 8 heteroatoms. The van der Waals surface area contributed by atoms with Gasteiger partial charge >= 0.3 is 0 Å². The minimum absolute atomic E-state index is 0.0303. The van der Waals surface area contributed by atoms with E-state index in [0.29, 0.717) is 12.2 Å². The molecule has 0 spiro atoms. The van der Waals surface area contributed by atoms with Gasteiger partial charge in [-0.15, -0.1) is 0 Å². The van der Waals surface area contributed by atoms with Crippen LogP contribution in [0, 0.1) is 0 Å². The van der Waals surface area contributed by atoms with E-state index >= 15 is 0 Å². The van der Waals surface area contributed by atoms with Crippen LogP contribution in [0.5, 0.6) is 0 Å². The van der Waals surface area contributed by atoms with Crippen molar-refractivity contribution in [3.05, 3.63) is 36.0 Å². The smallest absolute Gasteiger partial charge is 0.280 e. The van der Waals surface area contributed by atoms with E-state index < -0.39 is 10.0 Å². The van der Waals surface area contributed by atoms with Crippen LogP contribution in [0.25, 0.3) is 0 Å². The van der Waals surface area contributed by atoms with Crippen LogP contribution in [0.3, 0.4) is 0 Å². The molecular weight excluding hydrogens is 276 g/mol. The van der Waals surface area contributed by atoms with Gasteiger partial charge in [0.1, 0.15) is 5.15 Å². The van der Waals surface area contributed by atoms with Gasteiger partial charge in [-0.05, 0) is 19.1 Å². The molecule has 96 valence electrons. The standard InChI is InChI=1S/C10H11ClN4O2S/c1-2-15-6-10(13-7-15)18(16,17)14-8-3-4-12-9(11)5-8/h3-7H,2H2,1H3,(H,12,14). The largest absolute Gasteiger partial charge is 0.336 e. The normalized spacial score (nSPS) is 11.4. The Balaban J connectivity index is 2.27. The van der Waals surface area contributed by atoms with E-state index in [-0.39, 0.29) is 10.2 Å². The quantitative estimate of drug-likeness (QED) is 0.869. The summed E-state index contributed by atoms with van der Waals surface area (Å²) in [6.07, 6.45) is 4.35. The summed E-state index contributed by atoms with van der Waals surface area (Å²) in [6, 6.07) is 2.94. The summed E-state index contributed by atoms with van der Waals surface area (Å²) in [5, 5.41) is 0.187. The van der Waals surface area contributed by atoms with E-state index in [1.165, 1.54) is 30.9 Å². The summed E-state index contributed by atoms with van der Waals surface area (Å²) in [7, 11) is -3.69. The number of hydrogen-bond acceptors (Lipinski definition) is 4. The van der Waals surface area contributed by atoms with Gasteiger partial charge in [0.25, 0.3) is 10.0 Å². The molecule has 0 bridgehead atoms. The molecule has 1 N–H and O–H groups in total. The molecule has 0 fully saturated rings. The number of nitrogens with one attached hydrogen (secondary N) is 1. The molecule has 2 rings (SSSR count). The van der Waals surface area contributed by atoms with E-state index in [0.717, 1.165) is 0 Å². The van der Waals surface area contributed by atoms with Crippen molar-refractivity contribution >= 4 is 27.3 Å². The Hall–Kier alpha value is -1.60. The maximum atomic E-state index is 12.0. The third-order valence-electron chi connectivity index (χ3n) is 2.23. The number of aromatic nitrogens is 3. The van der Waals surface area contributed by atoms with Crippen molar-refractivity contribution in [2.75, 3.05) is 4.72 Å². The van der Waals surface area contributed by atoms with Gasteiger partial charge in [-0.2, -0.15) is 8.42 Å². The van der Waals surface area contributed by atoms with Gasteiger partial charge in [-0.1, -0.05) is 11.6 Å². The molecule has 18 heavy (non-hydrogen) atoms. The monoisotopic (exact) mass is 286 g/mol. The molecular formula is C10H11ClN4O2S. The van der Waals surface area contributed by atoms with Gasteiger partial charge in [0.05, 0.1) is 12.0 Å². The van der Waals surface area contributed by atoms with Crippen LogP contribution in [0.2, 0.25) is 5.15 Å². The maximum Gasteiger partial charge on any atom is 0.280 e. The molecule has 0 saturated heterocycles. The highest BCUT2D eigenvalue weighted by molar-refractivity contribution is 7.92. The molecule has 0 atom stereocenters. The summed E-state index contributed by atoms with van der Waals surface area (Å²) >= 11 is 5.68. The number of imidazole rings is 1. The number of hydrogen-bond donors (Lipinski definition) is 1. The number of sulfonamides is 1. The number of halogens is 1. The zero-order valence-electron chi connectivity index (χ0n) is 9.54. The van der Waals surface area contributed by atoms with Crippen LogP contribution in [-0.2, 0) is 16.6 Å². The second-order valence-electron chi connectivity index (χ2n) is 3.52. The average molecular weight is 287 g/mol. The molecule has 0 saturated carbocycles. The maximum absolute atomic E-state index is 12.0. The molecule has 0 unspecified atom stereocenters. The summed E-state index contributed by atoms with van der Waals surface area (Å²) in [4.78, 5) is 7.61. The summed E-state index contributed by atoms with van der Waals surface area (Å²) < 4.78 is 28.0. The number of rotatable bonds is 4. The predicted molar refractivity (Wildman–Crippen MR) is 68.0 cm³/mol. The van der Waals surface area contributed by atoms with Gasteiger partial charge < -0.3 is 4.57 Å². The summed E-state index contributed by atoms with van der Waals surface area (Å²) in [5.74, 6) is 0. The van der Waals surface area contributed by atoms with Crippen LogP contribution in [0.4, 0.5) is 5.69 Å². The lowest BCUT2D eigenvalue weighted by Crippen LogP contribution is -2.13. The number of aryl methyl sites for hydroxylation is 1. The Labute approximate surface area is 110 Å². The number of pyridine rings is 1. The Morgan fingerprint density at radius 3 is 2.83 bits per heavy atom. The van der Waals surface area contributed by atoms with E-state index in [4.69, 9.17) is 11.6 Å². The second kappa shape index (κ2) is 4.95. The van der Waals surface area contributed by atoms with Crippen molar-refractivity contribution in [3.8, 4) is 0 Å². The molecule has 2 aromatic heterocycles. The zero-order chi connectivity index (χ0) is 13.2. The van der Waals surface area contributed by atoms with Gasteiger partial charge in [0.2, 0.25) is 0 Å². The third-order valence-corrected chi connectivity index (χ3v) is 3.70. The van der Waals surface area contributed by atoms with Crippen LogP contribution >= 0.6 is 11.6 Å². The first-order valence-corrected chi connectivity index (χ1v) is 7.03. The molecule has 0 radical (unpaired) electrons. The van der Waals surface area contributed by atoms with Crippen LogP contribution < -0.4 is 4.72 Å². The van der Waals surface area contributed by atoms with Crippen molar-refractivity contribution in [3.63, 3.8) is 0 Å². The molecule has 0 aromatic carbocycles. The first-order chi connectivity index (χ1) is 8.51. The highest BCUT2D eigenvalue weighted by atomic mass is 35.5.